The normalized spacial score (nSPS) is 17.5. The molecule has 1 aromatic heterocycles. The van der Waals surface area contributed by atoms with Gasteiger partial charge in [-0.05, 0) is 51.7 Å². The summed E-state index contributed by atoms with van der Waals surface area (Å²) in [6.45, 7) is 10.2. The number of carbonyl (C=O) groups excluding carboxylic acids is 1. The van der Waals surface area contributed by atoms with E-state index >= 15 is 0 Å². The van der Waals surface area contributed by atoms with Crippen LogP contribution in [0.4, 0.5) is 10.5 Å². The Balaban J connectivity index is 2.33. The predicted octanol–water partition coefficient (Wildman–Crippen LogP) is 5.68. The van der Waals surface area contributed by atoms with E-state index < -0.39 is 11.7 Å². The van der Waals surface area contributed by atoms with Gasteiger partial charge in [0.25, 0.3) is 0 Å². The molecule has 0 fully saturated rings. The van der Waals surface area contributed by atoms with Crippen LogP contribution in [0.5, 0.6) is 0 Å². The van der Waals surface area contributed by atoms with E-state index in [4.69, 9.17) is 16.3 Å². The average molecular weight is 378 g/mol. The summed E-state index contributed by atoms with van der Waals surface area (Å²) in [6, 6.07) is 0. The first-order valence-corrected chi connectivity index (χ1v) is 9.40. The van der Waals surface area contributed by atoms with Crippen molar-refractivity contribution in [3.63, 3.8) is 0 Å². The Hall–Kier alpha value is -2.01. The molecule has 1 amide bonds. The molecular formula is C20H28ClN3O2. The summed E-state index contributed by atoms with van der Waals surface area (Å²) >= 11 is 6.36. The summed E-state index contributed by atoms with van der Waals surface area (Å²) in [5, 5.41) is 4.66. The van der Waals surface area contributed by atoms with Gasteiger partial charge in [-0.2, -0.15) is 5.10 Å². The van der Waals surface area contributed by atoms with Crippen molar-refractivity contribution < 1.29 is 9.53 Å². The van der Waals surface area contributed by atoms with Crippen molar-refractivity contribution in [3.8, 4) is 0 Å². The Labute approximate surface area is 161 Å². The molecule has 0 radical (unpaired) electrons. The maximum absolute atomic E-state index is 12.6. The molecule has 1 aliphatic carbocycles. The Morgan fingerprint density at radius 1 is 1.46 bits per heavy atom. The Morgan fingerprint density at radius 3 is 2.85 bits per heavy atom. The van der Waals surface area contributed by atoms with Crippen LogP contribution >= 0.6 is 11.6 Å². The monoisotopic (exact) mass is 377 g/mol. The summed E-state index contributed by atoms with van der Waals surface area (Å²) in [5.74, 6) is 0.507. The molecule has 2 rings (SSSR count). The van der Waals surface area contributed by atoms with Gasteiger partial charge >= 0.3 is 6.09 Å². The second-order valence-corrected chi connectivity index (χ2v) is 7.83. The van der Waals surface area contributed by atoms with Crippen molar-refractivity contribution in [1.82, 2.24) is 9.78 Å². The van der Waals surface area contributed by atoms with Gasteiger partial charge in [0.15, 0.2) is 5.15 Å². The average Bonchev–Trinajstić information content (AvgIpc) is 2.88. The topological polar surface area (TPSA) is 47.4 Å². The van der Waals surface area contributed by atoms with Gasteiger partial charge in [-0.3, -0.25) is 4.90 Å². The maximum atomic E-state index is 12.6. The number of amides is 1. The van der Waals surface area contributed by atoms with Gasteiger partial charge in [0, 0.05) is 6.54 Å². The number of anilines is 1. The third-order valence-corrected chi connectivity index (χ3v) is 4.04. The molecule has 1 aromatic rings. The largest absolute Gasteiger partial charge is 0.443 e. The van der Waals surface area contributed by atoms with E-state index in [2.05, 4.69) is 24.2 Å². The number of hydrogen-bond donors (Lipinski definition) is 0. The van der Waals surface area contributed by atoms with Gasteiger partial charge in [-0.1, -0.05) is 43.7 Å². The van der Waals surface area contributed by atoms with Gasteiger partial charge in [0.1, 0.15) is 11.3 Å². The van der Waals surface area contributed by atoms with Crippen LogP contribution < -0.4 is 4.90 Å². The molecular weight excluding hydrogens is 350 g/mol. The molecule has 0 N–H and O–H groups in total. The van der Waals surface area contributed by atoms with E-state index in [0.717, 1.165) is 18.5 Å². The van der Waals surface area contributed by atoms with Crippen molar-refractivity contribution in [2.45, 2.75) is 53.1 Å². The van der Waals surface area contributed by atoms with Crippen LogP contribution in [0, 0.1) is 5.92 Å². The molecule has 1 unspecified atom stereocenters. The molecule has 0 bridgehead atoms. The van der Waals surface area contributed by atoms with E-state index in [9.17, 15) is 4.79 Å². The lowest BCUT2D eigenvalue weighted by molar-refractivity contribution is 0.0580. The van der Waals surface area contributed by atoms with Gasteiger partial charge in [-0.15, -0.1) is 0 Å². The number of nitrogens with zero attached hydrogens (tertiary/aromatic N) is 3. The second-order valence-electron chi connectivity index (χ2n) is 7.47. The molecule has 1 atom stereocenters. The Morgan fingerprint density at radius 2 is 2.19 bits per heavy atom. The van der Waals surface area contributed by atoms with Crippen LogP contribution in [0.3, 0.4) is 0 Å². The summed E-state index contributed by atoms with van der Waals surface area (Å²) in [5.41, 5.74) is 0.871. The molecule has 1 aliphatic rings. The lowest BCUT2D eigenvalue weighted by atomic mass is 10.1. The highest BCUT2D eigenvalue weighted by Gasteiger charge is 2.26. The molecule has 5 nitrogen and oxygen atoms in total. The van der Waals surface area contributed by atoms with Crippen molar-refractivity contribution in [2.24, 2.45) is 5.92 Å². The predicted molar refractivity (Wildman–Crippen MR) is 107 cm³/mol. The molecule has 0 saturated heterocycles. The zero-order chi connectivity index (χ0) is 19.3. The molecule has 0 saturated carbocycles. The smallest absolute Gasteiger partial charge is 0.414 e. The van der Waals surface area contributed by atoms with Crippen molar-refractivity contribution in [2.75, 3.05) is 11.4 Å². The third kappa shape index (κ3) is 5.49. The lowest BCUT2D eigenvalue weighted by Gasteiger charge is -2.26. The summed E-state index contributed by atoms with van der Waals surface area (Å²) in [4.78, 5) is 14.1. The molecule has 1 heterocycles. The molecule has 0 aliphatic heterocycles. The highest BCUT2D eigenvalue weighted by Crippen LogP contribution is 2.28. The van der Waals surface area contributed by atoms with Gasteiger partial charge in [-0.25, -0.2) is 9.48 Å². The minimum Gasteiger partial charge on any atom is -0.443 e. The Kier molecular flexibility index (Phi) is 6.70. The fourth-order valence-corrected chi connectivity index (χ4v) is 2.77. The summed E-state index contributed by atoms with van der Waals surface area (Å²) < 4.78 is 7.21. The lowest BCUT2D eigenvalue weighted by Crippen LogP contribution is -2.37. The van der Waals surface area contributed by atoms with E-state index in [1.54, 1.807) is 15.8 Å². The van der Waals surface area contributed by atoms with Crippen molar-refractivity contribution in [3.05, 3.63) is 41.7 Å². The first-order chi connectivity index (χ1) is 12.2. The highest BCUT2D eigenvalue weighted by molar-refractivity contribution is 6.32. The van der Waals surface area contributed by atoms with E-state index in [-0.39, 0.29) is 5.15 Å². The molecule has 142 valence electrons. The highest BCUT2D eigenvalue weighted by atomic mass is 35.5. The standard InChI is InChI=1S/C20H28ClN3O2/c1-6-13-23(19(25)26-20(3,4)5)17-14-24(22-18(17)21)16-11-7-9-15(2)10-8-12-16/h7-9,11-12,14-15H,6,10,13H2,1-5H3. The van der Waals surface area contributed by atoms with Crippen molar-refractivity contribution >= 4 is 29.1 Å². The number of ether oxygens (including phenoxy) is 1. The number of hydrogen-bond acceptors (Lipinski definition) is 3. The summed E-state index contributed by atoms with van der Waals surface area (Å²) in [6.07, 6.45) is 13.4. The number of carbonyl (C=O) groups is 1. The van der Waals surface area contributed by atoms with Crippen molar-refractivity contribution in [1.29, 1.82) is 0 Å². The minimum atomic E-state index is -0.572. The molecule has 6 heteroatoms. The molecule has 0 aromatic carbocycles. The molecule has 0 spiro atoms. The Bertz CT molecular complexity index is 726. The van der Waals surface area contributed by atoms with Crippen LogP contribution in [0.25, 0.3) is 5.70 Å². The fraction of sp³-hybridized carbons (Fsp3) is 0.500. The number of aromatic nitrogens is 2. The van der Waals surface area contributed by atoms with Gasteiger partial charge in [0.2, 0.25) is 0 Å². The van der Waals surface area contributed by atoms with E-state index in [1.807, 2.05) is 45.9 Å². The van der Waals surface area contributed by atoms with Gasteiger partial charge < -0.3 is 4.74 Å². The summed E-state index contributed by atoms with van der Waals surface area (Å²) in [7, 11) is 0. The zero-order valence-corrected chi connectivity index (χ0v) is 17.0. The molecule has 26 heavy (non-hydrogen) atoms. The SMILES string of the molecule is CCCN(C(=O)OC(C)(C)C)c1cn(C2=CC=CC(C)CC=C2)nc1Cl. The number of halogens is 1. The first-order valence-electron chi connectivity index (χ1n) is 9.02. The third-order valence-electron chi connectivity index (χ3n) is 3.77. The van der Waals surface area contributed by atoms with E-state index in [1.165, 1.54) is 0 Å². The van der Waals surface area contributed by atoms with Crippen LogP contribution in [0.15, 0.2) is 36.6 Å². The number of rotatable bonds is 4. The van der Waals surface area contributed by atoms with Crippen LogP contribution in [-0.2, 0) is 4.74 Å². The fourth-order valence-electron chi connectivity index (χ4n) is 2.54. The first kappa shape index (κ1) is 20.3. The van der Waals surface area contributed by atoms with Gasteiger partial charge in [0.05, 0.1) is 11.9 Å². The van der Waals surface area contributed by atoms with Crippen LogP contribution in [-0.4, -0.2) is 28.0 Å². The number of allylic oxidation sites excluding steroid dienone is 6. The quantitative estimate of drug-likeness (QED) is 0.678. The maximum Gasteiger partial charge on any atom is 0.414 e. The minimum absolute atomic E-state index is 0.276. The van der Waals surface area contributed by atoms with Crippen LogP contribution in [0.1, 0.15) is 47.5 Å². The zero-order valence-electron chi connectivity index (χ0n) is 16.2. The second kappa shape index (κ2) is 8.58. The van der Waals surface area contributed by atoms with Crippen LogP contribution in [0.2, 0.25) is 5.15 Å². The van der Waals surface area contributed by atoms with E-state index in [0.29, 0.717) is 18.2 Å².